The monoisotopic (exact) mass is 517 g/mol. The van der Waals surface area contributed by atoms with E-state index in [-0.39, 0.29) is 5.56 Å². The maximum atomic E-state index is 12.9. The van der Waals surface area contributed by atoms with Crippen LogP contribution in [0.3, 0.4) is 0 Å². The summed E-state index contributed by atoms with van der Waals surface area (Å²) in [5, 5.41) is 18.1. The first-order valence-electron chi connectivity index (χ1n) is 11.4. The molecule has 1 atom stereocenters. The fourth-order valence-corrected chi connectivity index (χ4v) is 3.89. The SMILES string of the molecule is O=C(Nc1cc(Cl)ccc1-c1ncc[nH]1)C(=O)N[C@H](CNc1ccc(C(=O)O)cc1)Cc1ccccc1. The molecule has 0 radical (unpaired) electrons. The molecule has 5 N–H and O–H groups in total. The van der Waals surface area contributed by atoms with E-state index in [1.54, 1.807) is 42.7 Å². The van der Waals surface area contributed by atoms with Crippen molar-refractivity contribution >= 4 is 40.8 Å². The van der Waals surface area contributed by atoms with Crippen molar-refractivity contribution in [2.75, 3.05) is 17.2 Å². The van der Waals surface area contributed by atoms with Gasteiger partial charge in [-0.05, 0) is 54.4 Å². The van der Waals surface area contributed by atoms with Crippen molar-refractivity contribution in [3.8, 4) is 11.4 Å². The molecule has 0 spiro atoms. The van der Waals surface area contributed by atoms with E-state index in [2.05, 4.69) is 25.9 Å². The highest BCUT2D eigenvalue weighted by molar-refractivity contribution is 6.40. The maximum absolute atomic E-state index is 12.9. The van der Waals surface area contributed by atoms with Crippen molar-refractivity contribution in [2.45, 2.75) is 12.5 Å². The zero-order chi connectivity index (χ0) is 26.2. The number of aromatic amines is 1. The zero-order valence-electron chi connectivity index (χ0n) is 19.6. The lowest BCUT2D eigenvalue weighted by atomic mass is 10.1. The summed E-state index contributed by atoms with van der Waals surface area (Å²) in [4.78, 5) is 44.0. The van der Waals surface area contributed by atoms with Crippen LogP contribution in [0.1, 0.15) is 15.9 Å². The van der Waals surface area contributed by atoms with Gasteiger partial charge in [0.05, 0.1) is 17.3 Å². The zero-order valence-corrected chi connectivity index (χ0v) is 20.3. The number of H-pyrrole nitrogens is 1. The van der Waals surface area contributed by atoms with Crippen LogP contribution >= 0.6 is 11.6 Å². The Kier molecular flexibility index (Phi) is 8.17. The Balaban J connectivity index is 1.46. The van der Waals surface area contributed by atoms with Crippen LogP contribution in [0.2, 0.25) is 5.02 Å². The van der Waals surface area contributed by atoms with Gasteiger partial charge in [-0.15, -0.1) is 0 Å². The first kappa shape index (κ1) is 25.5. The smallest absolute Gasteiger partial charge is 0.335 e. The van der Waals surface area contributed by atoms with E-state index in [9.17, 15) is 14.4 Å². The second kappa shape index (κ2) is 11.9. The molecule has 37 heavy (non-hydrogen) atoms. The lowest BCUT2D eigenvalue weighted by molar-refractivity contribution is -0.136. The molecule has 0 saturated heterocycles. The van der Waals surface area contributed by atoms with Crippen LogP contribution in [0.25, 0.3) is 11.4 Å². The van der Waals surface area contributed by atoms with Crippen LogP contribution in [-0.2, 0) is 16.0 Å². The molecule has 4 rings (SSSR count). The number of rotatable bonds is 9. The molecule has 0 aliphatic heterocycles. The summed E-state index contributed by atoms with van der Waals surface area (Å²) in [5.74, 6) is -2.15. The minimum atomic E-state index is -1.01. The van der Waals surface area contributed by atoms with E-state index in [1.165, 1.54) is 12.1 Å². The number of carbonyl (C=O) groups is 3. The molecule has 9 nitrogen and oxygen atoms in total. The van der Waals surface area contributed by atoms with E-state index in [0.29, 0.717) is 40.8 Å². The van der Waals surface area contributed by atoms with Gasteiger partial charge in [0.2, 0.25) is 0 Å². The lowest BCUT2D eigenvalue weighted by Gasteiger charge is -2.20. The van der Waals surface area contributed by atoms with Gasteiger partial charge < -0.3 is 26.0 Å². The van der Waals surface area contributed by atoms with E-state index < -0.39 is 23.8 Å². The van der Waals surface area contributed by atoms with Crippen LogP contribution in [0, 0.1) is 0 Å². The van der Waals surface area contributed by atoms with Crippen molar-refractivity contribution in [3.05, 3.63) is 101 Å². The molecule has 1 aromatic heterocycles. The van der Waals surface area contributed by atoms with E-state index in [1.807, 2.05) is 30.3 Å². The third-order valence-corrected chi connectivity index (χ3v) is 5.77. The van der Waals surface area contributed by atoms with Gasteiger partial charge in [0, 0.05) is 35.2 Å². The number of aromatic nitrogens is 2. The average molecular weight is 518 g/mol. The normalized spacial score (nSPS) is 11.4. The van der Waals surface area contributed by atoms with E-state index in [4.69, 9.17) is 16.7 Å². The van der Waals surface area contributed by atoms with Gasteiger partial charge in [0.15, 0.2) is 0 Å². The number of aromatic carboxylic acids is 1. The number of carboxylic acids is 1. The largest absolute Gasteiger partial charge is 0.478 e. The second-order valence-corrected chi connectivity index (χ2v) is 8.64. The van der Waals surface area contributed by atoms with Crippen molar-refractivity contribution in [3.63, 3.8) is 0 Å². The van der Waals surface area contributed by atoms with Crippen molar-refractivity contribution in [2.24, 2.45) is 0 Å². The summed E-state index contributed by atoms with van der Waals surface area (Å²) in [7, 11) is 0. The number of hydrogen-bond acceptors (Lipinski definition) is 5. The minimum Gasteiger partial charge on any atom is -0.478 e. The summed E-state index contributed by atoms with van der Waals surface area (Å²) in [5.41, 5.74) is 2.77. The van der Waals surface area contributed by atoms with Crippen molar-refractivity contribution < 1.29 is 19.5 Å². The molecular formula is C27H24ClN5O4. The molecule has 0 aliphatic rings. The maximum Gasteiger partial charge on any atom is 0.335 e. The Labute approximate surface area is 217 Å². The van der Waals surface area contributed by atoms with Crippen LogP contribution < -0.4 is 16.0 Å². The third kappa shape index (κ3) is 6.96. The molecule has 10 heteroatoms. The number of halogens is 1. The quantitative estimate of drug-likeness (QED) is 0.211. The molecule has 0 unspecified atom stereocenters. The summed E-state index contributed by atoms with van der Waals surface area (Å²) in [6.07, 6.45) is 3.70. The molecule has 0 bridgehead atoms. The average Bonchev–Trinajstić information content (AvgIpc) is 3.43. The number of amides is 2. The van der Waals surface area contributed by atoms with Crippen LogP contribution in [0.4, 0.5) is 11.4 Å². The van der Waals surface area contributed by atoms with E-state index in [0.717, 1.165) is 5.56 Å². The predicted molar refractivity (Wildman–Crippen MR) is 142 cm³/mol. The van der Waals surface area contributed by atoms with Gasteiger partial charge in [-0.3, -0.25) is 9.59 Å². The fraction of sp³-hybridized carbons (Fsp3) is 0.111. The molecule has 3 aromatic carbocycles. The number of benzene rings is 3. The van der Waals surface area contributed by atoms with Crippen LogP contribution in [0.5, 0.6) is 0 Å². The number of imidazole rings is 1. The van der Waals surface area contributed by atoms with E-state index >= 15 is 0 Å². The number of hydrogen-bond donors (Lipinski definition) is 5. The van der Waals surface area contributed by atoms with Gasteiger partial charge in [0.25, 0.3) is 0 Å². The predicted octanol–water partition coefficient (Wildman–Crippen LogP) is 4.21. The number of nitrogens with zero attached hydrogens (tertiary/aromatic N) is 1. The molecule has 0 aliphatic carbocycles. The summed E-state index contributed by atoms with van der Waals surface area (Å²) in [6, 6.07) is 20.3. The summed E-state index contributed by atoms with van der Waals surface area (Å²) in [6.45, 7) is 0.301. The molecule has 188 valence electrons. The van der Waals surface area contributed by atoms with Gasteiger partial charge in [-0.25, -0.2) is 9.78 Å². The first-order chi connectivity index (χ1) is 17.9. The molecule has 0 saturated carbocycles. The van der Waals surface area contributed by atoms with Gasteiger partial charge in [0.1, 0.15) is 5.82 Å². The summed E-state index contributed by atoms with van der Waals surface area (Å²) < 4.78 is 0. The highest BCUT2D eigenvalue weighted by Gasteiger charge is 2.21. The minimum absolute atomic E-state index is 0.172. The fourth-order valence-electron chi connectivity index (χ4n) is 3.71. The Bertz CT molecular complexity index is 1380. The standard InChI is InChI=1S/C27H24ClN5O4/c28-19-8-11-22(24-29-12-13-30-24)23(15-19)33-26(35)25(34)32-21(14-17-4-2-1-3-5-17)16-31-20-9-6-18(7-10-20)27(36)37/h1-13,15,21,31H,14,16H2,(H,29,30)(H,32,34)(H,33,35)(H,36,37)/t21-/m0/s1. The third-order valence-electron chi connectivity index (χ3n) is 5.53. The topological polar surface area (TPSA) is 136 Å². The Morgan fingerprint density at radius 3 is 2.41 bits per heavy atom. The van der Waals surface area contributed by atoms with Gasteiger partial charge in [-0.2, -0.15) is 0 Å². The number of nitrogens with one attached hydrogen (secondary N) is 4. The van der Waals surface area contributed by atoms with Crippen LogP contribution in [-0.4, -0.2) is 45.4 Å². The second-order valence-electron chi connectivity index (χ2n) is 8.21. The number of anilines is 2. The first-order valence-corrected chi connectivity index (χ1v) is 11.8. The summed E-state index contributed by atoms with van der Waals surface area (Å²) >= 11 is 6.12. The molecule has 0 fully saturated rings. The molecule has 2 amide bonds. The highest BCUT2D eigenvalue weighted by atomic mass is 35.5. The number of carboxylic acid groups (broad SMARTS) is 1. The molecule has 1 heterocycles. The van der Waals surface area contributed by atoms with Crippen molar-refractivity contribution in [1.29, 1.82) is 0 Å². The Hall–Kier alpha value is -4.63. The molecular weight excluding hydrogens is 494 g/mol. The lowest BCUT2D eigenvalue weighted by Crippen LogP contribution is -2.46. The highest BCUT2D eigenvalue weighted by Crippen LogP contribution is 2.28. The Morgan fingerprint density at radius 2 is 1.73 bits per heavy atom. The Morgan fingerprint density at radius 1 is 0.973 bits per heavy atom. The van der Waals surface area contributed by atoms with Crippen LogP contribution in [0.15, 0.2) is 85.2 Å². The van der Waals surface area contributed by atoms with Crippen molar-refractivity contribution in [1.82, 2.24) is 15.3 Å². The molecule has 4 aromatic rings. The van der Waals surface area contributed by atoms with Gasteiger partial charge >= 0.3 is 17.8 Å². The number of carbonyl (C=O) groups excluding carboxylic acids is 2. The van der Waals surface area contributed by atoms with Gasteiger partial charge in [-0.1, -0.05) is 41.9 Å².